The van der Waals surface area contributed by atoms with Crippen LogP contribution in [0.5, 0.6) is 5.75 Å². The van der Waals surface area contributed by atoms with Crippen molar-refractivity contribution in [3.05, 3.63) is 36.6 Å². The molecule has 1 aromatic rings. The summed E-state index contributed by atoms with van der Waals surface area (Å²) in [5.41, 5.74) is 0.534. The van der Waals surface area contributed by atoms with Gasteiger partial charge < -0.3 is 18.9 Å². The zero-order valence-electron chi connectivity index (χ0n) is 14.1. The predicted molar refractivity (Wildman–Crippen MR) is 90.5 cm³/mol. The fraction of sp³-hybridized carbons (Fsp3) is 0.529. The molecule has 0 aromatic heterocycles. The van der Waals surface area contributed by atoms with Crippen molar-refractivity contribution in [2.75, 3.05) is 26.2 Å². The van der Waals surface area contributed by atoms with E-state index in [0.717, 1.165) is 30.8 Å². The second-order valence-corrected chi connectivity index (χ2v) is 5.95. The number of benzene rings is 1. The molecule has 1 aliphatic heterocycles. The van der Waals surface area contributed by atoms with E-state index in [1.807, 2.05) is 38.1 Å². The van der Waals surface area contributed by atoms with Gasteiger partial charge in [-0.1, -0.05) is 32.6 Å². The zero-order chi connectivity index (χ0) is 16.2. The van der Waals surface area contributed by atoms with E-state index >= 15 is 0 Å². The maximum absolute atomic E-state index is 5.86. The lowest BCUT2D eigenvalue weighted by Gasteiger charge is -2.18. The topological polar surface area (TPSA) is 30.9 Å². The molecule has 0 N–H and O–H groups in total. The van der Waals surface area contributed by atoms with Gasteiger partial charge in [0.1, 0.15) is 18.0 Å². The number of rotatable bonds is 7. The molecule has 1 aromatic carbocycles. The molecule has 5 heteroatoms. The Hall–Kier alpha value is -1.46. The fourth-order valence-corrected chi connectivity index (χ4v) is 2.32. The highest BCUT2D eigenvalue weighted by atomic mass is 16.7. The van der Waals surface area contributed by atoms with Crippen molar-refractivity contribution < 1.29 is 14.0 Å². The van der Waals surface area contributed by atoms with Crippen LogP contribution in [0.15, 0.2) is 36.6 Å². The van der Waals surface area contributed by atoms with Gasteiger partial charge in [-0.05, 0) is 44.5 Å². The molecule has 4 nitrogen and oxygen atoms in total. The Morgan fingerprint density at radius 2 is 1.82 bits per heavy atom. The van der Waals surface area contributed by atoms with Crippen LogP contribution in [0.1, 0.15) is 27.7 Å². The molecular formula is C17H26BNO3. The number of nitrogens with zero attached hydrogens (tertiary/aromatic N) is 1. The number of hydrogen-bond donors (Lipinski definition) is 0. The lowest BCUT2D eigenvalue weighted by molar-refractivity contribution is 0.173. The van der Waals surface area contributed by atoms with Crippen molar-refractivity contribution in [2.45, 2.75) is 33.3 Å². The van der Waals surface area contributed by atoms with Crippen molar-refractivity contribution in [1.29, 1.82) is 0 Å². The Morgan fingerprint density at radius 1 is 1.18 bits per heavy atom. The average Bonchev–Trinajstić information content (AvgIpc) is 2.78. The van der Waals surface area contributed by atoms with Gasteiger partial charge in [-0.2, -0.15) is 0 Å². The molecule has 2 rings (SSSR count). The van der Waals surface area contributed by atoms with Gasteiger partial charge in [0.2, 0.25) is 0 Å². The summed E-state index contributed by atoms with van der Waals surface area (Å²) in [5.74, 6) is 1.53. The summed E-state index contributed by atoms with van der Waals surface area (Å²) in [5, 5.41) is 0. The zero-order valence-corrected chi connectivity index (χ0v) is 14.1. The monoisotopic (exact) mass is 303 g/mol. The van der Waals surface area contributed by atoms with Gasteiger partial charge in [0, 0.05) is 6.54 Å². The van der Waals surface area contributed by atoms with Gasteiger partial charge in [0.15, 0.2) is 0 Å². The molecule has 0 saturated carbocycles. The summed E-state index contributed by atoms with van der Waals surface area (Å²) in [6.07, 6.45) is 0. The second-order valence-electron chi connectivity index (χ2n) is 5.95. The third-order valence-electron chi connectivity index (χ3n) is 4.05. The average molecular weight is 303 g/mol. The van der Waals surface area contributed by atoms with Crippen LogP contribution in [-0.2, 0) is 9.31 Å². The Balaban J connectivity index is 1.87. The summed E-state index contributed by atoms with van der Waals surface area (Å²) >= 11 is 0. The fourth-order valence-electron chi connectivity index (χ4n) is 2.32. The van der Waals surface area contributed by atoms with E-state index in [9.17, 15) is 0 Å². The van der Waals surface area contributed by atoms with E-state index < -0.39 is 5.60 Å². The Morgan fingerprint density at radius 3 is 2.32 bits per heavy atom. The number of ether oxygens (including phenoxy) is 1. The SMILES string of the molecule is C=C1OB(c2ccc(OCCN(CC)CC)cc2)OC1(C)C. The molecule has 1 heterocycles. The standard InChI is InChI=1S/C17H26BNO3/c1-6-19(7-2)12-13-20-16-10-8-15(9-11-16)18-21-14(3)17(4,5)22-18/h8-11H,3,6-7,12-13H2,1-2,4-5H3. The van der Waals surface area contributed by atoms with Gasteiger partial charge in [-0.3, -0.25) is 0 Å². The molecule has 22 heavy (non-hydrogen) atoms. The first-order valence-corrected chi connectivity index (χ1v) is 7.95. The molecule has 0 unspecified atom stereocenters. The van der Waals surface area contributed by atoms with Crippen LogP contribution in [0.2, 0.25) is 0 Å². The van der Waals surface area contributed by atoms with Crippen LogP contribution in [-0.4, -0.2) is 43.9 Å². The number of hydrogen-bond acceptors (Lipinski definition) is 4. The summed E-state index contributed by atoms with van der Waals surface area (Å²) in [7, 11) is -0.382. The minimum Gasteiger partial charge on any atom is -0.534 e. The second kappa shape index (κ2) is 7.20. The molecule has 1 fully saturated rings. The quantitative estimate of drug-likeness (QED) is 0.724. The Kier molecular flexibility index (Phi) is 5.54. The molecule has 0 bridgehead atoms. The minimum atomic E-state index is -0.441. The minimum absolute atomic E-state index is 0.382. The summed E-state index contributed by atoms with van der Waals surface area (Å²) in [6.45, 7) is 15.9. The molecule has 1 saturated heterocycles. The summed E-state index contributed by atoms with van der Waals surface area (Å²) < 4.78 is 17.3. The largest absolute Gasteiger partial charge is 0.563 e. The third kappa shape index (κ3) is 4.05. The van der Waals surface area contributed by atoms with Crippen molar-refractivity contribution in [2.24, 2.45) is 0 Å². The van der Waals surface area contributed by atoms with Crippen molar-refractivity contribution in [3.8, 4) is 5.75 Å². The van der Waals surface area contributed by atoms with E-state index in [-0.39, 0.29) is 7.12 Å². The third-order valence-corrected chi connectivity index (χ3v) is 4.05. The van der Waals surface area contributed by atoms with Crippen molar-refractivity contribution >= 4 is 12.6 Å². The van der Waals surface area contributed by atoms with Crippen LogP contribution >= 0.6 is 0 Å². The Bertz CT molecular complexity index is 497. The highest BCUT2D eigenvalue weighted by Crippen LogP contribution is 2.29. The predicted octanol–water partition coefficient (Wildman–Crippen LogP) is 2.44. The summed E-state index contributed by atoms with van der Waals surface area (Å²) in [6, 6.07) is 7.87. The normalized spacial score (nSPS) is 17.0. The first-order chi connectivity index (χ1) is 10.5. The highest BCUT2D eigenvalue weighted by molar-refractivity contribution is 6.62. The van der Waals surface area contributed by atoms with E-state index in [4.69, 9.17) is 14.0 Å². The first-order valence-electron chi connectivity index (χ1n) is 7.95. The molecule has 120 valence electrons. The molecule has 0 atom stereocenters. The molecule has 1 aliphatic rings. The Labute approximate surface area is 134 Å². The van der Waals surface area contributed by atoms with Crippen LogP contribution in [0.3, 0.4) is 0 Å². The smallest absolute Gasteiger partial charge is 0.534 e. The number of likely N-dealkylation sites (N-methyl/N-ethyl adjacent to an activating group) is 1. The van der Waals surface area contributed by atoms with Crippen LogP contribution in [0, 0.1) is 0 Å². The van der Waals surface area contributed by atoms with E-state index in [2.05, 4.69) is 25.3 Å². The van der Waals surface area contributed by atoms with Gasteiger partial charge in [0.05, 0.1) is 5.76 Å². The van der Waals surface area contributed by atoms with Crippen LogP contribution < -0.4 is 10.2 Å². The van der Waals surface area contributed by atoms with Gasteiger partial charge in [0.25, 0.3) is 0 Å². The van der Waals surface area contributed by atoms with Gasteiger partial charge in [-0.15, -0.1) is 0 Å². The maximum Gasteiger partial charge on any atom is 0.563 e. The lowest BCUT2D eigenvalue weighted by Crippen LogP contribution is -2.34. The highest BCUT2D eigenvalue weighted by Gasteiger charge is 2.42. The van der Waals surface area contributed by atoms with Crippen LogP contribution in [0.25, 0.3) is 0 Å². The lowest BCUT2D eigenvalue weighted by atomic mass is 9.79. The summed E-state index contributed by atoms with van der Waals surface area (Å²) in [4.78, 5) is 2.34. The maximum atomic E-state index is 5.86. The van der Waals surface area contributed by atoms with Crippen molar-refractivity contribution in [3.63, 3.8) is 0 Å². The molecule has 0 radical (unpaired) electrons. The van der Waals surface area contributed by atoms with E-state index in [0.29, 0.717) is 12.4 Å². The van der Waals surface area contributed by atoms with Crippen molar-refractivity contribution in [1.82, 2.24) is 4.90 Å². The van der Waals surface area contributed by atoms with E-state index in [1.54, 1.807) is 0 Å². The first kappa shape index (κ1) is 16.9. The molecule has 0 aliphatic carbocycles. The van der Waals surface area contributed by atoms with E-state index in [1.165, 1.54) is 0 Å². The molecular weight excluding hydrogens is 277 g/mol. The van der Waals surface area contributed by atoms with Crippen LogP contribution in [0.4, 0.5) is 0 Å². The van der Waals surface area contributed by atoms with Gasteiger partial charge >= 0.3 is 7.12 Å². The van der Waals surface area contributed by atoms with Gasteiger partial charge in [-0.25, -0.2) is 0 Å². The molecule has 0 spiro atoms. The molecule has 0 amide bonds.